The summed E-state index contributed by atoms with van der Waals surface area (Å²) in [5.74, 6) is 0.169. The highest BCUT2D eigenvalue weighted by molar-refractivity contribution is 7.98. The van der Waals surface area contributed by atoms with E-state index < -0.39 is 10.0 Å². The van der Waals surface area contributed by atoms with E-state index in [4.69, 9.17) is 0 Å². The summed E-state index contributed by atoms with van der Waals surface area (Å²) >= 11 is 1.59. The van der Waals surface area contributed by atoms with Crippen molar-refractivity contribution in [1.82, 2.24) is 5.32 Å². The smallest absolute Gasteiger partial charge is 0.232 e. The highest BCUT2D eigenvalue weighted by Crippen LogP contribution is 2.19. The summed E-state index contributed by atoms with van der Waals surface area (Å²) in [4.78, 5) is 1.05. The molecule has 0 amide bonds. The third-order valence-electron chi connectivity index (χ3n) is 2.61. The van der Waals surface area contributed by atoms with E-state index in [1.54, 1.807) is 17.8 Å². The second-order valence-corrected chi connectivity index (χ2v) is 6.94. The fourth-order valence-corrected chi connectivity index (χ4v) is 3.27. The molecule has 0 saturated heterocycles. The van der Waals surface area contributed by atoms with Gasteiger partial charge in [-0.1, -0.05) is 13.0 Å². The fraction of sp³-hybridized carbons (Fsp3) is 0.538. The second-order valence-electron chi connectivity index (χ2n) is 4.21. The predicted octanol–water partition coefficient (Wildman–Crippen LogP) is 2.54. The second kappa shape index (κ2) is 8.45. The SMILES string of the molecule is CCNCCCCS(=O)(=O)Nc1cccc(SC)c1. The van der Waals surface area contributed by atoms with Gasteiger partial charge in [-0.05, 0) is 50.4 Å². The molecule has 0 aromatic heterocycles. The highest BCUT2D eigenvalue weighted by Gasteiger charge is 2.10. The monoisotopic (exact) mass is 302 g/mol. The minimum Gasteiger partial charge on any atom is -0.317 e. The first-order valence-corrected chi connectivity index (χ1v) is 9.30. The number of anilines is 1. The van der Waals surface area contributed by atoms with Gasteiger partial charge in [0.05, 0.1) is 5.75 Å². The van der Waals surface area contributed by atoms with Crippen molar-refractivity contribution in [3.63, 3.8) is 0 Å². The van der Waals surface area contributed by atoms with E-state index in [9.17, 15) is 8.42 Å². The molecule has 4 nitrogen and oxygen atoms in total. The molecule has 0 radical (unpaired) electrons. The molecule has 0 heterocycles. The summed E-state index contributed by atoms with van der Waals surface area (Å²) < 4.78 is 26.4. The van der Waals surface area contributed by atoms with Crippen LogP contribution in [0.4, 0.5) is 5.69 Å². The topological polar surface area (TPSA) is 58.2 Å². The Bertz CT molecular complexity index is 475. The Balaban J connectivity index is 2.45. The number of rotatable bonds is 9. The molecule has 0 aliphatic rings. The average Bonchev–Trinajstić information content (AvgIpc) is 2.38. The lowest BCUT2D eigenvalue weighted by atomic mass is 10.3. The first kappa shape index (κ1) is 16.3. The number of sulfonamides is 1. The lowest BCUT2D eigenvalue weighted by Crippen LogP contribution is -2.19. The molecule has 0 atom stereocenters. The molecule has 19 heavy (non-hydrogen) atoms. The molecule has 6 heteroatoms. The van der Waals surface area contributed by atoms with Crippen molar-refractivity contribution in [2.75, 3.05) is 29.8 Å². The van der Waals surface area contributed by atoms with E-state index >= 15 is 0 Å². The van der Waals surface area contributed by atoms with Crippen LogP contribution in [0.1, 0.15) is 19.8 Å². The van der Waals surface area contributed by atoms with Gasteiger partial charge in [0, 0.05) is 10.6 Å². The quantitative estimate of drug-likeness (QED) is 0.544. The number of unbranched alkanes of at least 4 members (excludes halogenated alkanes) is 1. The van der Waals surface area contributed by atoms with Gasteiger partial charge < -0.3 is 5.32 Å². The van der Waals surface area contributed by atoms with Crippen LogP contribution in [0.25, 0.3) is 0 Å². The van der Waals surface area contributed by atoms with Crippen molar-refractivity contribution in [3.8, 4) is 0 Å². The largest absolute Gasteiger partial charge is 0.317 e. The maximum absolute atomic E-state index is 11.9. The highest BCUT2D eigenvalue weighted by atomic mass is 32.2. The standard InChI is InChI=1S/C13H22N2O2S2/c1-3-14-9-4-5-10-19(16,17)15-12-7-6-8-13(11-12)18-2/h6-8,11,14-15H,3-5,9-10H2,1-2H3. The van der Waals surface area contributed by atoms with E-state index in [1.165, 1.54) is 0 Å². The summed E-state index contributed by atoms with van der Waals surface area (Å²) in [6.45, 7) is 3.83. The molecule has 1 aromatic carbocycles. The van der Waals surface area contributed by atoms with Crippen molar-refractivity contribution >= 4 is 27.5 Å². The maximum Gasteiger partial charge on any atom is 0.232 e. The van der Waals surface area contributed by atoms with Crippen LogP contribution in [-0.4, -0.2) is 33.5 Å². The molecule has 108 valence electrons. The molecule has 0 saturated carbocycles. The van der Waals surface area contributed by atoms with E-state index in [0.29, 0.717) is 12.1 Å². The zero-order chi connectivity index (χ0) is 14.1. The molecule has 0 aliphatic carbocycles. The third-order valence-corrected chi connectivity index (χ3v) is 4.71. The van der Waals surface area contributed by atoms with Crippen LogP contribution in [-0.2, 0) is 10.0 Å². The number of hydrogen-bond acceptors (Lipinski definition) is 4. The van der Waals surface area contributed by atoms with Crippen LogP contribution >= 0.6 is 11.8 Å². The molecular formula is C13H22N2O2S2. The zero-order valence-corrected chi connectivity index (χ0v) is 13.1. The summed E-state index contributed by atoms with van der Waals surface area (Å²) in [6, 6.07) is 7.44. The maximum atomic E-state index is 11.9. The van der Waals surface area contributed by atoms with Crippen LogP contribution in [0.15, 0.2) is 29.2 Å². The molecule has 0 spiro atoms. The van der Waals surface area contributed by atoms with Gasteiger partial charge in [-0.3, -0.25) is 4.72 Å². The van der Waals surface area contributed by atoms with Crippen LogP contribution < -0.4 is 10.0 Å². The Morgan fingerprint density at radius 1 is 1.26 bits per heavy atom. The van der Waals surface area contributed by atoms with Gasteiger partial charge in [0.2, 0.25) is 10.0 Å². The summed E-state index contributed by atoms with van der Waals surface area (Å²) in [7, 11) is -3.23. The van der Waals surface area contributed by atoms with Gasteiger partial charge >= 0.3 is 0 Å². The minimum atomic E-state index is -3.23. The molecule has 0 aliphatic heterocycles. The Labute approximate surface area is 120 Å². The fourth-order valence-electron chi connectivity index (χ4n) is 1.64. The normalized spacial score (nSPS) is 11.5. The number of thioether (sulfide) groups is 1. The van der Waals surface area contributed by atoms with Crippen LogP contribution in [0.2, 0.25) is 0 Å². The summed E-state index contributed by atoms with van der Waals surface area (Å²) in [6.07, 6.45) is 3.51. The Morgan fingerprint density at radius 2 is 2.05 bits per heavy atom. The van der Waals surface area contributed by atoms with E-state index in [1.807, 2.05) is 31.4 Å². The zero-order valence-electron chi connectivity index (χ0n) is 11.5. The first-order chi connectivity index (χ1) is 9.07. The van der Waals surface area contributed by atoms with Crippen molar-refractivity contribution in [2.24, 2.45) is 0 Å². The summed E-state index contributed by atoms with van der Waals surface area (Å²) in [5.41, 5.74) is 0.638. The van der Waals surface area contributed by atoms with Crippen LogP contribution in [0.3, 0.4) is 0 Å². The molecular weight excluding hydrogens is 280 g/mol. The van der Waals surface area contributed by atoms with Gasteiger partial charge in [0.15, 0.2) is 0 Å². The molecule has 1 rings (SSSR count). The summed E-state index contributed by atoms with van der Waals surface area (Å²) in [5, 5.41) is 3.18. The van der Waals surface area contributed by atoms with Crippen molar-refractivity contribution in [1.29, 1.82) is 0 Å². The van der Waals surface area contributed by atoms with Gasteiger partial charge in [0.25, 0.3) is 0 Å². The van der Waals surface area contributed by atoms with E-state index in [-0.39, 0.29) is 5.75 Å². The Morgan fingerprint density at radius 3 is 2.74 bits per heavy atom. The van der Waals surface area contributed by atoms with Gasteiger partial charge in [-0.25, -0.2) is 8.42 Å². The van der Waals surface area contributed by atoms with Crippen molar-refractivity contribution < 1.29 is 8.42 Å². The number of nitrogens with one attached hydrogen (secondary N) is 2. The molecule has 0 unspecified atom stereocenters. The van der Waals surface area contributed by atoms with Crippen molar-refractivity contribution in [3.05, 3.63) is 24.3 Å². The average molecular weight is 302 g/mol. The lowest BCUT2D eigenvalue weighted by molar-refractivity contribution is 0.593. The van der Waals surface area contributed by atoms with E-state index in [0.717, 1.165) is 24.4 Å². The Hall–Kier alpha value is -0.720. The molecule has 0 fully saturated rings. The van der Waals surface area contributed by atoms with Gasteiger partial charge in [-0.2, -0.15) is 0 Å². The van der Waals surface area contributed by atoms with E-state index in [2.05, 4.69) is 10.0 Å². The first-order valence-electron chi connectivity index (χ1n) is 6.42. The molecule has 2 N–H and O–H groups in total. The number of benzene rings is 1. The van der Waals surface area contributed by atoms with Crippen molar-refractivity contribution in [2.45, 2.75) is 24.7 Å². The molecule has 1 aromatic rings. The van der Waals surface area contributed by atoms with Crippen LogP contribution in [0, 0.1) is 0 Å². The van der Waals surface area contributed by atoms with Crippen LogP contribution in [0.5, 0.6) is 0 Å². The third kappa shape index (κ3) is 6.84. The van der Waals surface area contributed by atoms with Gasteiger partial charge in [-0.15, -0.1) is 11.8 Å². The molecule has 0 bridgehead atoms. The number of hydrogen-bond donors (Lipinski definition) is 2. The predicted molar refractivity (Wildman–Crippen MR) is 83.4 cm³/mol. The lowest BCUT2D eigenvalue weighted by Gasteiger charge is -2.09. The Kier molecular flexibility index (Phi) is 7.27. The van der Waals surface area contributed by atoms with Gasteiger partial charge in [0.1, 0.15) is 0 Å². The minimum absolute atomic E-state index is 0.169.